The van der Waals surface area contributed by atoms with E-state index in [0.717, 1.165) is 11.3 Å². The van der Waals surface area contributed by atoms with Crippen molar-refractivity contribution in [2.45, 2.75) is 20.4 Å². The Bertz CT molecular complexity index is 993. The highest BCUT2D eigenvalue weighted by atomic mass is 16.5. The summed E-state index contributed by atoms with van der Waals surface area (Å²) in [6.07, 6.45) is 1.44. The highest BCUT2D eigenvalue weighted by molar-refractivity contribution is 5.97. The minimum absolute atomic E-state index is 0.0714. The molecule has 1 heterocycles. The van der Waals surface area contributed by atoms with Crippen LogP contribution in [0.3, 0.4) is 0 Å². The molecule has 0 aliphatic rings. The summed E-state index contributed by atoms with van der Waals surface area (Å²) in [6, 6.07) is 12.7. The van der Waals surface area contributed by atoms with E-state index in [0.29, 0.717) is 36.4 Å². The fourth-order valence-corrected chi connectivity index (χ4v) is 2.77. The molecule has 0 atom stereocenters. The molecule has 0 radical (unpaired) electrons. The number of carbonyl (C=O) groups is 1. The van der Waals surface area contributed by atoms with Crippen LogP contribution in [0.15, 0.2) is 53.5 Å². The smallest absolute Gasteiger partial charge is 0.257 e. The largest absolute Gasteiger partial charge is 0.494 e. The van der Waals surface area contributed by atoms with Crippen molar-refractivity contribution in [3.63, 3.8) is 0 Å². The second-order valence-electron chi connectivity index (χ2n) is 5.93. The molecule has 6 heteroatoms. The molecule has 27 heavy (non-hydrogen) atoms. The average Bonchev–Trinajstić information content (AvgIpc) is 2.68. The molecule has 0 fully saturated rings. The van der Waals surface area contributed by atoms with Gasteiger partial charge in [-0.3, -0.25) is 9.59 Å². The summed E-state index contributed by atoms with van der Waals surface area (Å²) in [5.41, 5.74) is 1.32. The monoisotopic (exact) mass is 366 g/mol. The molecule has 1 amide bonds. The molecule has 2 aromatic carbocycles. The van der Waals surface area contributed by atoms with Crippen molar-refractivity contribution in [1.82, 2.24) is 10.3 Å². The minimum atomic E-state index is -0.422. The molecule has 0 bridgehead atoms. The second kappa shape index (κ2) is 8.40. The van der Waals surface area contributed by atoms with Gasteiger partial charge in [-0.05, 0) is 49.7 Å². The van der Waals surface area contributed by atoms with E-state index in [1.54, 1.807) is 18.2 Å². The van der Waals surface area contributed by atoms with Crippen LogP contribution in [0.2, 0.25) is 0 Å². The lowest BCUT2D eigenvalue weighted by atomic mass is 10.1. The molecule has 0 spiro atoms. The maximum Gasteiger partial charge on any atom is 0.257 e. The maximum absolute atomic E-state index is 12.7. The number of nitrogens with one attached hydrogen (secondary N) is 2. The summed E-state index contributed by atoms with van der Waals surface area (Å²) in [7, 11) is 0. The Morgan fingerprint density at radius 2 is 1.67 bits per heavy atom. The molecule has 0 aliphatic heterocycles. The number of aromatic amines is 1. The Hall–Kier alpha value is -3.28. The number of rotatable bonds is 7. The number of amides is 1. The molecular formula is C21H22N2O4. The van der Waals surface area contributed by atoms with Crippen LogP contribution < -0.4 is 20.2 Å². The van der Waals surface area contributed by atoms with Crippen molar-refractivity contribution in [3.05, 3.63) is 70.0 Å². The van der Waals surface area contributed by atoms with Gasteiger partial charge >= 0.3 is 0 Å². The number of aromatic nitrogens is 1. The Kier molecular flexibility index (Phi) is 5.76. The fraction of sp³-hybridized carbons (Fsp3) is 0.238. The van der Waals surface area contributed by atoms with Crippen molar-refractivity contribution in [2.75, 3.05) is 13.2 Å². The van der Waals surface area contributed by atoms with E-state index in [9.17, 15) is 9.59 Å². The number of pyridine rings is 1. The van der Waals surface area contributed by atoms with E-state index in [4.69, 9.17) is 9.47 Å². The third-order valence-corrected chi connectivity index (χ3v) is 4.10. The number of H-pyrrole nitrogens is 1. The third-order valence-electron chi connectivity index (χ3n) is 4.10. The standard InChI is InChI=1S/C21H22N2O4/c1-3-26-15-7-5-14(6-8-15)12-23-21(25)18-13-22-19-10-9-16(27-4-2)11-17(19)20(18)24/h5-11,13H,3-4,12H2,1-2H3,(H,22,24)(H,23,25). The number of fused-ring (bicyclic) bond motifs is 1. The van der Waals surface area contributed by atoms with Crippen LogP contribution in [0, 0.1) is 0 Å². The van der Waals surface area contributed by atoms with Crippen molar-refractivity contribution in [1.29, 1.82) is 0 Å². The first kappa shape index (κ1) is 18.5. The van der Waals surface area contributed by atoms with Gasteiger partial charge in [-0.1, -0.05) is 12.1 Å². The van der Waals surface area contributed by atoms with Crippen LogP contribution in [-0.4, -0.2) is 24.1 Å². The van der Waals surface area contributed by atoms with Gasteiger partial charge in [-0.25, -0.2) is 0 Å². The molecule has 2 N–H and O–H groups in total. The summed E-state index contributed by atoms with van der Waals surface area (Å²) in [5.74, 6) is 0.958. The lowest BCUT2D eigenvalue weighted by Crippen LogP contribution is -2.28. The summed E-state index contributed by atoms with van der Waals surface area (Å²) in [6.45, 7) is 5.23. The Morgan fingerprint density at radius 3 is 2.37 bits per heavy atom. The van der Waals surface area contributed by atoms with Crippen LogP contribution in [0.1, 0.15) is 29.8 Å². The van der Waals surface area contributed by atoms with Crippen LogP contribution in [-0.2, 0) is 6.54 Å². The van der Waals surface area contributed by atoms with Gasteiger partial charge in [-0.2, -0.15) is 0 Å². The zero-order valence-corrected chi connectivity index (χ0v) is 15.4. The first-order valence-electron chi connectivity index (χ1n) is 8.90. The normalized spacial score (nSPS) is 10.6. The second-order valence-corrected chi connectivity index (χ2v) is 5.93. The molecule has 0 unspecified atom stereocenters. The van der Waals surface area contributed by atoms with Crippen LogP contribution in [0.5, 0.6) is 11.5 Å². The number of hydrogen-bond acceptors (Lipinski definition) is 4. The number of ether oxygens (including phenoxy) is 2. The average molecular weight is 366 g/mol. The van der Waals surface area contributed by atoms with Crippen molar-refractivity contribution in [3.8, 4) is 11.5 Å². The first-order chi connectivity index (χ1) is 13.1. The van der Waals surface area contributed by atoms with Gasteiger partial charge in [0.05, 0.1) is 13.2 Å². The molecule has 6 nitrogen and oxygen atoms in total. The maximum atomic E-state index is 12.7. The quantitative estimate of drug-likeness (QED) is 0.673. The molecule has 0 saturated carbocycles. The SMILES string of the molecule is CCOc1ccc(CNC(=O)c2c[nH]c3ccc(OCC)cc3c2=O)cc1. The van der Waals surface area contributed by atoms with Gasteiger partial charge in [0.2, 0.25) is 5.43 Å². The lowest BCUT2D eigenvalue weighted by molar-refractivity contribution is 0.0949. The lowest BCUT2D eigenvalue weighted by Gasteiger charge is -2.08. The number of benzene rings is 2. The molecule has 0 aliphatic carbocycles. The molecule has 1 aromatic heterocycles. The molecule has 3 rings (SSSR count). The Morgan fingerprint density at radius 1 is 1.00 bits per heavy atom. The van der Waals surface area contributed by atoms with E-state index in [2.05, 4.69) is 10.3 Å². The van der Waals surface area contributed by atoms with Crippen LogP contribution >= 0.6 is 0 Å². The van der Waals surface area contributed by atoms with Gasteiger partial charge in [0.1, 0.15) is 17.1 Å². The zero-order chi connectivity index (χ0) is 19.2. The number of carbonyl (C=O) groups excluding carboxylic acids is 1. The minimum Gasteiger partial charge on any atom is -0.494 e. The summed E-state index contributed by atoms with van der Waals surface area (Å²) in [4.78, 5) is 28.2. The van der Waals surface area contributed by atoms with E-state index < -0.39 is 5.91 Å². The van der Waals surface area contributed by atoms with Crippen molar-refractivity contribution in [2.24, 2.45) is 0 Å². The van der Waals surface area contributed by atoms with E-state index in [1.807, 2.05) is 38.1 Å². The van der Waals surface area contributed by atoms with Crippen molar-refractivity contribution < 1.29 is 14.3 Å². The summed E-state index contributed by atoms with van der Waals surface area (Å²) < 4.78 is 10.8. The summed E-state index contributed by atoms with van der Waals surface area (Å²) in [5, 5.41) is 3.21. The van der Waals surface area contributed by atoms with E-state index in [1.165, 1.54) is 6.20 Å². The molecule has 3 aromatic rings. The van der Waals surface area contributed by atoms with E-state index in [-0.39, 0.29) is 11.0 Å². The third kappa shape index (κ3) is 4.28. The highest BCUT2D eigenvalue weighted by Crippen LogP contribution is 2.17. The Labute approximate surface area is 157 Å². The number of hydrogen-bond donors (Lipinski definition) is 2. The van der Waals surface area contributed by atoms with Crippen molar-refractivity contribution >= 4 is 16.8 Å². The van der Waals surface area contributed by atoms with Crippen LogP contribution in [0.4, 0.5) is 0 Å². The fourth-order valence-electron chi connectivity index (χ4n) is 2.77. The van der Waals surface area contributed by atoms with Gasteiger partial charge in [0.15, 0.2) is 0 Å². The predicted octanol–water partition coefficient (Wildman–Crippen LogP) is 3.26. The molecular weight excluding hydrogens is 344 g/mol. The van der Waals surface area contributed by atoms with E-state index >= 15 is 0 Å². The predicted molar refractivity (Wildman–Crippen MR) is 105 cm³/mol. The van der Waals surface area contributed by atoms with Gasteiger partial charge < -0.3 is 19.8 Å². The zero-order valence-electron chi connectivity index (χ0n) is 15.4. The Balaban J connectivity index is 1.76. The van der Waals surface area contributed by atoms with Gasteiger partial charge in [0.25, 0.3) is 5.91 Å². The van der Waals surface area contributed by atoms with Gasteiger partial charge in [0, 0.05) is 23.6 Å². The highest BCUT2D eigenvalue weighted by Gasteiger charge is 2.13. The first-order valence-corrected chi connectivity index (χ1v) is 8.90. The molecule has 140 valence electrons. The van der Waals surface area contributed by atoms with Crippen LogP contribution in [0.25, 0.3) is 10.9 Å². The van der Waals surface area contributed by atoms with Gasteiger partial charge in [-0.15, -0.1) is 0 Å². The summed E-state index contributed by atoms with van der Waals surface area (Å²) >= 11 is 0. The topological polar surface area (TPSA) is 80.4 Å². The molecule has 0 saturated heterocycles.